The highest BCUT2D eigenvalue weighted by Gasteiger charge is 2.32. The second kappa shape index (κ2) is 5.99. The first-order valence-electron chi connectivity index (χ1n) is 6.47. The Bertz CT molecular complexity index is 482. The summed E-state index contributed by atoms with van der Waals surface area (Å²) in [6.07, 6.45) is 3.11. The van der Waals surface area contributed by atoms with Crippen LogP contribution in [0.3, 0.4) is 0 Å². The monoisotopic (exact) mass is 306 g/mol. The van der Waals surface area contributed by atoms with E-state index in [9.17, 15) is 18.0 Å². The Kier molecular flexibility index (Phi) is 5.01. The summed E-state index contributed by atoms with van der Waals surface area (Å²) in [4.78, 5) is 24.0. The number of nitrogens with one attached hydrogen (secondary N) is 1. The van der Waals surface area contributed by atoms with Crippen LogP contribution in [-0.2, 0) is 14.6 Å². The van der Waals surface area contributed by atoms with Gasteiger partial charge in [0.2, 0.25) is 0 Å². The number of rotatable bonds is 7. The van der Waals surface area contributed by atoms with Crippen LogP contribution in [0.5, 0.6) is 0 Å². The zero-order chi connectivity index (χ0) is 15.6. The highest BCUT2D eigenvalue weighted by Crippen LogP contribution is 2.29. The molecule has 0 atom stereocenters. The number of hydrogen-bond acceptors (Lipinski definition) is 4. The number of carbonyl (C=O) groups is 2. The SMILES string of the molecule is CC(C)(CNC(=O)N(CC(=O)O)CC1CC1)S(C)(=O)=O. The Morgan fingerprint density at radius 1 is 1.35 bits per heavy atom. The predicted molar refractivity (Wildman–Crippen MR) is 74.3 cm³/mol. The molecule has 20 heavy (non-hydrogen) atoms. The molecule has 0 aliphatic heterocycles. The van der Waals surface area contributed by atoms with E-state index in [0.29, 0.717) is 12.5 Å². The minimum absolute atomic E-state index is 0.0501. The third-order valence-electron chi connectivity index (χ3n) is 3.46. The Labute approximate surface area is 119 Å². The van der Waals surface area contributed by atoms with Crippen molar-refractivity contribution in [1.29, 1.82) is 0 Å². The Morgan fingerprint density at radius 3 is 2.30 bits per heavy atom. The van der Waals surface area contributed by atoms with Crippen LogP contribution in [0.1, 0.15) is 26.7 Å². The molecule has 0 spiro atoms. The average Bonchev–Trinajstić information content (AvgIpc) is 3.06. The maximum Gasteiger partial charge on any atom is 0.323 e. The third kappa shape index (κ3) is 4.99. The first-order chi connectivity index (χ1) is 9.03. The fourth-order valence-corrected chi connectivity index (χ4v) is 1.86. The number of amides is 2. The number of carboxylic acid groups (broad SMARTS) is 1. The molecule has 0 radical (unpaired) electrons. The van der Waals surface area contributed by atoms with Crippen LogP contribution in [0.15, 0.2) is 0 Å². The van der Waals surface area contributed by atoms with Gasteiger partial charge < -0.3 is 15.3 Å². The molecule has 0 aromatic carbocycles. The fourth-order valence-electron chi connectivity index (χ4n) is 1.53. The fraction of sp³-hybridized carbons (Fsp3) is 0.833. The Hall–Kier alpha value is -1.31. The zero-order valence-electron chi connectivity index (χ0n) is 12.0. The largest absolute Gasteiger partial charge is 0.480 e. The molecule has 0 saturated heterocycles. The van der Waals surface area contributed by atoms with Gasteiger partial charge in [-0.05, 0) is 32.6 Å². The zero-order valence-corrected chi connectivity index (χ0v) is 12.9. The second-order valence-corrected chi connectivity index (χ2v) is 8.56. The molecule has 2 amide bonds. The van der Waals surface area contributed by atoms with E-state index in [1.54, 1.807) is 0 Å². The summed E-state index contributed by atoms with van der Waals surface area (Å²) in [6.45, 7) is 3.01. The summed E-state index contributed by atoms with van der Waals surface area (Å²) in [5.74, 6) is -0.716. The topological polar surface area (TPSA) is 104 Å². The van der Waals surface area contributed by atoms with Crippen LogP contribution in [0.4, 0.5) is 4.79 Å². The average molecular weight is 306 g/mol. The van der Waals surface area contributed by atoms with Crippen molar-refractivity contribution in [3.05, 3.63) is 0 Å². The van der Waals surface area contributed by atoms with Gasteiger partial charge in [0, 0.05) is 19.3 Å². The molecule has 1 aliphatic carbocycles. The predicted octanol–water partition coefficient (Wildman–Crippen LogP) is 0.316. The van der Waals surface area contributed by atoms with Gasteiger partial charge in [-0.3, -0.25) is 4.79 Å². The first-order valence-corrected chi connectivity index (χ1v) is 8.36. The summed E-state index contributed by atoms with van der Waals surface area (Å²) in [7, 11) is -3.31. The summed E-state index contributed by atoms with van der Waals surface area (Å²) < 4.78 is 22.0. The van der Waals surface area contributed by atoms with Gasteiger partial charge in [-0.25, -0.2) is 13.2 Å². The van der Waals surface area contributed by atoms with E-state index in [2.05, 4.69) is 5.32 Å². The molecule has 0 heterocycles. The van der Waals surface area contributed by atoms with Crippen LogP contribution in [0.25, 0.3) is 0 Å². The summed E-state index contributed by atoms with van der Waals surface area (Å²) in [5, 5.41) is 11.3. The lowest BCUT2D eigenvalue weighted by Gasteiger charge is -2.26. The molecule has 1 fully saturated rings. The highest BCUT2D eigenvalue weighted by molar-refractivity contribution is 7.92. The molecular weight excluding hydrogens is 284 g/mol. The molecule has 0 aromatic rings. The minimum atomic E-state index is -3.31. The van der Waals surface area contributed by atoms with E-state index in [-0.39, 0.29) is 13.1 Å². The van der Waals surface area contributed by atoms with Gasteiger partial charge in [0.05, 0.1) is 4.75 Å². The van der Waals surface area contributed by atoms with Crippen LogP contribution in [0.2, 0.25) is 0 Å². The van der Waals surface area contributed by atoms with Crippen molar-refractivity contribution in [2.24, 2.45) is 5.92 Å². The Balaban J connectivity index is 2.59. The molecule has 116 valence electrons. The highest BCUT2D eigenvalue weighted by atomic mass is 32.2. The maximum atomic E-state index is 12.0. The first kappa shape index (κ1) is 16.7. The molecule has 1 saturated carbocycles. The molecule has 2 N–H and O–H groups in total. The quantitative estimate of drug-likeness (QED) is 0.705. The maximum absolute atomic E-state index is 12.0. The van der Waals surface area contributed by atoms with E-state index in [1.807, 2.05) is 0 Å². The summed E-state index contributed by atoms with van der Waals surface area (Å²) in [5.41, 5.74) is 0. The van der Waals surface area contributed by atoms with Crippen molar-refractivity contribution in [2.75, 3.05) is 25.9 Å². The molecule has 0 bridgehead atoms. The lowest BCUT2D eigenvalue weighted by Crippen LogP contribution is -2.49. The van der Waals surface area contributed by atoms with E-state index in [4.69, 9.17) is 5.11 Å². The van der Waals surface area contributed by atoms with Crippen molar-refractivity contribution in [3.63, 3.8) is 0 Å². The van der Waals surface area contributed by atoms with Gasteiger partial charge >= 0.3 is 12.0 Å². The lowest BCUT2D eigenvalue weighted by molar-refractivity contribution is -0.137. The van der Waals surface area contributed by atoms with Crippen LogP contribution in [-0.4, -0.2) is 61.1 Å². The number of carbonyl (C=O) groups excluding carboxylic acids is 1. The normalized spacial score (nSPS) is 15.8. The summed E-state index contributed by atoms with van der Waals surface area (Å²) >= 11 is 0. The van der Waals surface area contributed by atoms with Crippen LogP contribution < -0.4 is 5.32 Å². The lowest BCUT2D eigenvalue weighted by atomic mass is 10.2. The number of carboxylic acids is 1. The van der Waals surface area contributed by atoms with E-state index in [0.717, 1.165) is 19.1 Å². The Morgan fingerprint density at radius 2 is 1.90 bits per heavy atom. The van der Waals surface area contributed by atoms with Gasteiger partial charge in [0.1, 0.15) is 6.54 Å². The van der Waals surface area contributed by atoms with Crippen molar-refractivity contribution in [2.45, 2.75) is 31.4 Å². The van der Waals surface area contributed by atoms with Crippen LogP contribution >= 0.6 is 0 Å². The van der Waals surface area contributed by atoms with E-state index in [1.165, 1.54) is 18.7 Å². The van der Waals surface area contributed by atoms with Crippen molar-refractivity contribution in [3.8, 4) is 0 Å². The van der Waals surface area contributed by atoms with E-state index >= 15 is 0 Å². The number of hydrogen-bond donors (Lipinski definition) is 2. The van der Waals surface area contributed by atoms with Crippen molar-refractivity contribution in [1.82, 2.24) is 10.2 Å². The van der Waals surface area contributed by atoms with Crippen molar-refractivity contribution >= 4 is 21.8 Å². The van der Waals surface area contributed by atoms with Crippen LogP contribution in [0, 0.1) is 5.92 Å². The molecule has 1 aliphatic rings. The minimum Gasteiger partial charge on any atom is -0.480 e. The molecule has 8 heteroatoms. The number of urea groups is 1. The molecule has 7 nitrogen and oxygen atoms in total. The van der Waals surface area contributed by atoms with E-state index < -0.39 is 26.6 Å². The molecule has 0 unspecified atom stereocenters. The van der Waals surface area contributed by atoms with Gasteiger partial charge in [-0.1, -0.05) is 0 Å². The van der Waals surface area contributed by atoms with Gasteiger partial charge in [0.25, 0.3) is 0 Å². The second-order valence-electron chi connectivity index (χ2n) is 5.91. The summed E-state index contributed by atoms with van der Waals surface area (Å²) in [6, 6.07) is -0.531. The standard InChI is InChI=1S/C12H22N2O5S/c1-12(2,20(3,18)19)8-13-11(17)14(7-10(15)16)6-9-4-5-9/h9H,4-8H2,1-3H3,(H,13,17)(H,15,16). The smallest absolute Gasteiger partial charge is 0.323 e. The third-order valence-corrected chi connectivity index (χ3v) is 5.61. The van der Waals surface area contributed by atoms with Gasteiger partial charge in [0.15, 0.2) is 9.84 Å². The van der Waals surface area contributed by atoms with Gasteiger partial charge in [-0.2, -0.15) is 0 Å². The van der Waals surface area contributed by atoms with Gasteiger partial charge in [-0.15, -0.1) is 0 Å². The van der Waals surface area contributed by atoms with Crippen molar-refractivity contribution < 1.29 is 23.1 Å². The number of aliphatic carboxylic acids is 1. The molecule has 0 aromatic heterocycles. The number of sulfone groups is 1. The molecular formula is C12H22N2O5S. The number of nitrogens with zero attached hydrogens (tertiary/aromatic N) is 1. The molecule has 1 rings (SSSR count).